The summed E-state index contributed by atoms with van der Waals surface area (Å²) >= 11 is 0. The van der Waals surface area contributed by atoms with E-state index in [-0.39, 0.29) is 5.04 Å². The Balaban J connectivity index is 1.63. The zero-order chi connectivity index (χ0) is 23.2. The van der Waals surface area contributed by atoms with E-state index in [1.54, 1.807) is 0 Å². The van der Waals surface area contributed by atoms with E-state index < -0.39 is 14.4 Å². The summed E-state index contributed by atoms with van der Waals surface area (Å²) in [5, 5.41) is 13.9. The summed E-state index contributed by atoms with van der Waals surface area (Å²) < 4.78 is 7.03. The number of carboxylic acid groups (broad SMARTS) is 1. The van der Waals surface area contributed by atoms with E-state index in [1.807, 2.05) is 0 Å². The van der Waals surface area contributed by atoms with Crippen molar-refractivity contribution in [1.29, 1.82) is 0 Å². The number of amides is 1. The van der Waals surface area contributed by atoms with E-state index in [9.17, 15) is 4.79 Å². The molecule has 0 spiro atoms. The summed E-state index contributed by atoms with van der Waals surface area (Å²) in [6, 6.07) is 21.7. The second-order valence-electron chi connectivity index (χ2n) is 10.4. The van der Waals surface area contributed by atoms with Gasteiger partial charge in [0.25, 0.3) is 8.32 Å². The number of benzene rings is 2. The number of hydrogen-bond donors (Lipinski definition) is 2. The first-order valence-corrected chi connectivity index (χ1v) is 13.9. The lowest BCUT2D eigenvalue weighted by atomic mass is 9.99. The van der Waals surface area contributed by atoms with Gasteiger partial charge in [0.1, 0.15) is 0 Å². The molecule has 3 unspecified atom stereocenters. The molecule has 0 radical (unpaired) electrons. The number of nitrogens with one attached hydrogen (secondary N) is 1. The quantitative estimate of drug-likeness (QED) is 0.456. The van der Waals surface area contributed by atoms with Crippen LogP contribution in [0.1, 0.15) is 53.4 Å². The Hall–Kier alpha value is -2.11. The van der Waals surface area contributed by atoms with Crippen LogP contribution in [0.15, 0.2) is 60.7 Å². The monoisotopic (exact) mass is 453 g/mol. The van der Waals surface area contributed by atoms with Gasteiger partial charge >= 0.3 is 6.09 Å². The van der Waals surface area contributed by atoms with Crippen molar-refractivity contribution in [3.63, 3.8) is 0 Å². The fourth-order valence-electron chi connectivity index (χ4n) is 5.14. The molecule has 1 amide bonds. The molecule has 0 saturated heterocycles. The third-order valence-electron chi connectivity index (χ3n) is 6.91. The third kappa shape index (κ3) is 6.02. The van der Waals surface area contributed by atoms with Gasteiger partial charge in [-0.05, 0) is 58.8 Å². The average Bonchev–Trinajstić information content (AvgIpc) is 3.48. The second kappa shape index (κ2) is 10.7. The number of hydrogen-bond acceptors (Lipinski definition) is 2. The summed E-state index contributed by atoms with van der Waals surface area (Å²) in [4.78, 5) is 10.6. The molecule has 0 heterocycles. The van der Waals surface area contributed by atoms with Crippen LogP contribution in [0.25, 0.3) is 0 Å². The summed E-state index contributed by atoms with van der Waals surface area (Å²) in [7, 11) is -2.43. The van der Waals surface area contributed by atoms with Gasteiger partial charge in [0.2, 0.25) is 0 Å². The van der Waals surface area contributed by atoms with Gasteiger partial charge in [-0.3, -0.25) is 0 Å². The van der Waals surface area contributed by atoms with E-state index >= 15 is 0 Å². The molecular formula is C27H39NO3Si. The van der Waals surface area contributed by atoms with Gasteiger partial charge in [-0.25, -0.2) is 4.79 Å². The Bertz CT molecular complexity index is 811. The van der Waals surface area contributed by atoms with Crippen molar-refractivity contribution in [1.82, 2.24) is 5.32 Å². The highest BCUT2D eigenvalue weighted by atomic mass is 28.4. The molecule has 1 fully saturated rings. The van der Waals surface area contributed by atoms with Gasteiger partial charge in [0.15, 0.2) is 0 Å². The maximum Gasteiger partial charge on any atom is 0.404 e. The molecule has 1 aliphatic carbocycles. The summed E-state index contributed by atoms with van der Waals surface area (Å²) in [6.45, 7) is 10.6. The molecule has 1 saturated carbocycles. The molecule has 2 N–H and O–H groups in total. The Kier molecular flexibility index (Phi) is 8.18. The topological polar surface area (TPSA) is 58.6 Å². The highest BCUT2D eigenvalue weighted by Crippen LogP contribution is 2.46. The SMILES string of the molecule is CC(CCNC(=O)O)CC1CC1CCO[Si](c1ccccc1)(c1ccccc1)C(C)(C)C. The van der Waals surface area contributed by atoms with Crippen molar-refractivity contribution in [2.24, 2.45) is 17.8 Å². The van der Waals surface area contributed by atoms with Gasteiger partial charge in [-0.2, -0.15) is 0 Å². The van der Waals surface area contributed by atoms with Gasteiger partial charge in [-0.15, -0.1) is 0 Å². The van der Waals surface area contributed by atoms with Crippen LogP contribution in [-0.2, 0) is 4.43 Å². The third-order valence-corrected chi connectivity index (χ3v) is 12.0. The van der Waals surface area contributed by atoms with Crippen molar-refractivity contribution in [3.8, 4) is 0 Å². The first kappa shape index (κ1) is 24.5. The molecule has 1 aliphatic rings. The molecule has 2 aromatic carbocycles. The standard InChI is InChI=1S/C27H39NO3Si/c1-21(15-17-28-26(29)30)19-23-20-22(23)16-18-31-32(27(2,3)4,24-11-7-5-8-12-24)25-13-9-6-10-14-25/h5-14,21-23,28H,15-20H2,1-4H3,(H,29,30). The lowest BCUT2D eigenvalue weighted by Crippen LogP contribution is -2.66. The fraction of sp³-hybridized carbons (Fsp3) is 0.519. The van der Waals surface area contributed by atoms with Crippen molar-refractivity contribution >= 4 is 24.8 Å². The van der Waals surface area contributed by atoms with E-state index in [0.717, 1.165) is 31.3 Å². The molecule has 0 aliphatic heterocycles. The maximum atomic E-state index is 10.6. The molecule has 3 rings (SSSR count). The van der Waals surface area contributed by atoms with E-state index in [4.69, 9.17) is 9.53 Å². The van der Waals surface area contributed by atoms with Crippen molar-refractivity contribution in [3.05, 3.63) is 60.7 Å². The van der Waals surface area contributed by atoms with Gasteiger partial charge in [-0.1, -0.05) is 88.4 Å². The largest absolute Gasteiger partial charge is 0.465 e. The average molecular weight is 454 g/mol. The normalized spacial score (nSPS) is 19.4. The first-order valence-electron chi connectivity index (χ1n) is 12.0. The van der Waals surface area contributed by atoms with Crippen LogP contribution in [0, 0.1) is 17.8 Å². The molecule has 5 heteroatoms. The van der Waals surface area contributed by atoms with E-state index in [2.05, 4.69) is 93.7 Å². The predicted octanol–water partition coefficient (Wildman–Crippen LogP) is 5.27. The van der Waals surface area contributed by atoms with E-state index in [1.165, 1.54) is 23.2 Å². The molecule has 174 valence electrons. The molecule has 4 nitrogen and oxygen atoms in total. The van der Waals surface area contributed by atoms with Crippen molar-refractivity contribution in [2.75, 3.05) is 13.2 Å². The molecule has 2 aromatic rings. The van der Waals surface area contributed by atoms with Crippen molar-refractivity contribution < 1.29 is 14.3 Å². The van der Waals surface area contributed by atoms with Crippen molar-refractivity contribution in [2.45, 2.75) is 58.4 Å². The van der Waals surface area contributed by atoms with Gasteiger partial charge in [0.05, 0.1) is 0 Å². The molecule has 0 aromatic heterocycles. The smallest absolute Gasteiger partial charge is 0.404 e. The van der Waals surface area contributed by atoms with Crippen LogP contribution in [0.4, 0.5) is 4.79 Å². The van der Waals surface area contributed by atoms with Crippen LogP contribution >= 0.6 is 0 Å². The molecular weight excluding hydrogens is 414 g/mol. The van der Waals surface area contributed by atoms with Crippen LogP contribution < -0.4 is 15.7 Å². The molecule has 0 bridgehead atoms. The Labute approximate surface area is 194 Å². The van der Waals surface area contributed by atoms with Gasteiger partial charge < -0.3 is 14.8 Å². The summed E-state index contributed by atoms with van der Waals surface area (Å²) in [6.07, 6.45) is 3.55. The second-order valence-corrected chi connectivity index (χ2v) is 14.7. The lowest BCUT2D eigenvalue weighted by molar-refractivity contribution is 0.193. The first-order chi connectivity index (χ1) is 15.2. The maximum absolute atomic E-state index is 10.6. The minimum absolute atomic E-state index is 0.0182. The predicted molar refractivity (Wildman–Crippen MR) is 134 cm³/mol. The Morgan fingerprint density at radius 3 is 2.12 bits per heavy atom. The summed E-state index contributed by atoms with van der Waals surface area (Å²) in [5.41, 5.74) is 0. The minimum atomic E-state index is -2.43. The zero-order valence-electron chi connectivity index (χ0n) is 20.0. The zero-order valence-corrected chi connectivity index (χ0v) is 21.0. The highest BCUT2D eigenvalue weighted by molar-refractivity contribution is 6.99. The van der Waals surface area contributed by atoms with Crippen LogP contribution in [0.3, 0.4) is 0 Å². The fourth-order valence-corrected chi connectivity index (χ4v) is 9.72. The summed E-state index contributed by atoms with van der Waals surface area (Å²) in [5.74, 6) is 2.05. The van der Waals surface area contributed by atoms with Crippen LogP contribution in [-0.4, -0.2) is 32.7 Å². The van der Waals surface area contributed by atoms with Crippen LogP contribution in [0.2, 0.25) is 5.04 Å². The lowest BCUT2D eigenvalue weighted by Gasteiger charge is -2.43. The number of carbonyl (C=O) groups is 1. The van der Waals surface area contributed by atoms with Gasteiger partial charge in [0, 0.05) is 13.2 Å². The highest BCUT2D eigenvalue weighted by Gasteiger charge is 2.50. The minimum Gasteiger partial charge on any atom is -0.465 e. The molecule has 3 atom stereocenters. The van der Waals surface area contributed by atoms with E-state index in [0.29, 0.717) is 12.5 Å². The Morgan fingerprint density at radius 2 is 1.62 bits per heavy atom. The number of rotatable bonds is 11. The Morgan fingerprint density at radius 1 is 1.06 bits per heavy atom. The molecule has 32 heavy (non-hydrogen) atoms. The van der Waals surface area contributed by atoms with Crippen LogP contribution in [0.5, 0.6) is 0 Å².